The van der Waals surface area contributed by atoms with Gasteiger partial charge in [0.25, 0.3) is 0 Å². The maximum Gasteiger partial charge on any atom is 0.338 e. The minimum absolute atomic E-state index is 0.223. The number of amides is 2. The van der Waals surface area contributed by atoms with Gasteiger partial charge in [-0.05, 0) is 49.4 Å². The van der Waals surface area contributed by atoms with Gasteiger partial charge in [0, 0.05) is 6.20 Å². The number of nitrogens with one attached hydrogen (secondary N) is 2. The van der Waals surface area contributed by atoms with E-state index in [0.29, 0.717) is 5.56 Å². The Hall–Kier alpha value is -5.04. The van der Waals surface area contributed by atoms with Gasteiger partial charge >= 0.3 is 23.9 Å². The Morgan fingerprint density at radius 1 is 0.884 bits per heavy atom. The molecule has 5 atom stereocenters. The molecular formula is C31H30N4O8. The highest BCUT2D eigenvalue weighted by molar-refractivity contribution is 5.91. The molecule has 0 saturated carbocycles. The molecule has 5 rings (SSSR count). The van der Waals surface area contributed by atoms with E-state index in [0.717, 1.165) is 4.90 Å². The van der Waals surface area contributed by atoms with E-state index in [4.69, 9.17) is 24.8 Å². The van der Waals surface area contributed by atoms with Gasteiger partial charge in [0.2, 0.25) is 0 Å². The quantitative estimate of drug-likeness (QED) is 0.147. The molecule has 5 unspecified atom stereocenters. The van der Waals surface area contributed by atoms with E-state index >= 15 is 0 Å². The van der Waals surface area contributed by atoms with Crippen LogP contribution in [0.25, 0.3) is 0 Å². The van der Waals surface area contributed by atoms with Gasteiger partial charge < -0.3 is 24.3 Å². The van der Waals surface area contributed by atoms with E-state index in [2.05, 4.69) is 10.7 Å². The van der Waals surface area contributed by atoms with Crippen LogP contribution in [0.1, 0.15) is 38.0 Å². The van der Waals surface area contributed by atoms with Gasteiger partial charge in [-0.2, -0.15) is 0 Å². The first kappa shape index (κ1) is 29.5. The van der Waals surface area contributed by atoms with Gasteiger partial charge in [-0.3, -0.25) is 10.7 Å². The summed E-state index contributed by atoms with van der Waals surface area (Å²) < 4.78 is 23.8. The zero-order valence-corrected chi connectivity index (χ0v) is 23.1. The highest BCUT2D eigenvalue weighted by Crippen LogP contribution is 2.40. The molecule has 2 aliphatic rings. The lowest BCUT2D eigenvalue weighted by atomic mass is 9.94. The second-order valence-corrected chi connectivity index (χ2v) is 9.97. The number of nitrogens with two attached hydrogens (primary N) is 1. The number of hydrogen-bond acceptors (Lipinski definition) is 10. The number of ether oxygens (including phenoxy) is 4. The van der Waals surface area contributed by atoms with Crippen molar-refractivity contribution >= 4 is 23.9 Å². The molecule has 3 aromatic rings. The summed E-state index contributed by atoms with van der Waals surface area (Å²) in [5.74, 6) is 3.35. The first-order valence-electron chi connectivity index (χ1n) is 13.5. The second kappa shape index (κ2) is 12.9. The molecule has 43 heavy (non-hydrogen) atoms. The summed E-state index contributed by atoms with van der Waals surface area (Å²) >= 11 is 0. The summed E-state index contributed by atoms with van der Waals surface area (Å²) in [6.45, 7) is 1.11. The Bertz CT molecular complexity index is 1490. The molecule has 222 valence electrons. The third-order valence-corrected chi connectivity index (χ3v) is 7.04. The standard InChI is InChI=1S/C31H30N4O8/c1-31(43-28(38)22-15-9-4-10-16-22)25(42-27(37)21-13-7-3-8-14-21)23(19-40-26(36)20-11-5-2-6-12-20)41-29(31)35-18-17-24(34-32)33-30(35)39/h2-18,23-25,29,34H,19,32H2,1H3,(H,33,39). The lowest BCUT2D eigenvalue weighted by molar-refractivity contribution is -0.117. The molecule has 0 bridgehead atoms. The van der Waals surface area contributed by atoms with Crippen molar-refractivity contribution < 1.29 is 38.1 Å². The average Bonchev–Trinajstić information content (AvgIpc) is 3.30. The minimum Gasteiger partial charge on any atom is -0.459 e. The molecule has 0 radical (unpaired) electrons. The van der Waals surface area contributed by atoms with E-state index in [9.17, 15) is 19.2 Å². The number of carbonyl (C=O) groups excluding carboxylic acids is 4. The highest BCUT2D eigenvalue weighted by atomic mass is 16.7. The van der Waals surface area contributed by atoms with Crippen molar-refractivity contribution in [3.63, 3.8) is 0 Å². The summed E-state index contributed by atoms with van der Waals surface area (Å²) in [5.41, 5.74) is 1.40. The summed E-state index contributed by atoms with van der Waals surface area (Å²) in [6.07, 6.45) is -1.49. The van der Waals surface area contributed by atoms with E-state index in [-0.39, 0.29) is 17.7 Å². The number of rotatable bonds is 9. The smallest absolute Gasteiger partial charge is 0.338 e. The maximum absolute atomic E-state index is 13.4. The molecule has 0 aliphatic carbocycles. The van der Waals surface area contributed by atoms with E-state index < -0.39 is 54.1 Å². The average molecular weight is 587 g/mol. The van der Waals surface area contributed by atoms with Crippen LogP contribution in [-0.2, 0) is 18.9 Å². The Balaban J connectivity index is 1.51. The van der Waals surface area contributed by atoms with Crippen molar-refractivity contribution in [3.8, 4) is 0 Å². The lowest BCUT2D eigenvalue weighted by Crippen LogP contribution is -2.61. The molecule has 1 fully saturated rings. The zero-order valence-electron chi connectivity index (χ0n) is 23.1. The normalized spacial score (nSPS) is 24.6. The van der Waals surface area contributed by atoms with Crippen LogP contribution in [0.2, 0.25) is 0 Å². The van der Waals surface area contributed by atoms with Crippen LogP contribution in [0.5, 0.6) is 0 Å². The number of nitrogens with zero attached hydrogens (tertiary/aromatic N) is 1. The number of esters is 3. The van der Waals surface area contributed by atoms with Gasteiger partial charge in [-0.1, -0.05) is 54.6 Å². The molecule has 0 aromatic heterocycles. The molecule has 12 nitrogen and oxygen atoms in total. The first-order chi connectivity index (χ1) is 20.8. The molecule has 2 amide bonds. The minimum atomic E-state index is -1.79. The van der Waals surface area contributed by atoms with Crippen LogP contribution in [-0.4, -0.2) is 65.6 Å². The number of benzene rings is 3. The van der Waals surface area contributed by atoms with Gasteiger partial charge in [0.1, 0.15) is 18.9 Å². The molecule has 4 N–H and O–H groups in total. The van der Waals surface area contributed by atoms with Crippen LogP contribution in [0, 0.1) is 0 Å². The fraction of sp³-hybridized carbons (Fsp3) is 0.226. The Kier molecular flexibility index (Phi) is 8.81. The Labute approximate surface area is 247 Å². The highest BCUT2D eigenvalue weighted by Gasteiger charge is 2.62. The zero-order chi connectivity index (χ0) is 30.4. The summed E-state index contributed by atoms with van der Waals surface area (Å²) in [5, 5.41) is 2.63. The van der Waals surface area contributed by atoms with E-state index in [1.54, 1.807) is 97.1 Å². The fourth-order valence-electron chi connectivity index (χ4n) is 4.84. The maximum atomic E-state index is 13.4. The lowest BCUT2D eigenvalue weighted by Gasteiger charge is -2.39. The van der Waals surface area contributed by atoms with Crippen molar-refractivity contribution in [2.45, 2.75) is 37.1 Å². The monoisotopic (exact) mass is 586 g/mol. The SMILES string of the molecule is CC1(OC(=O)c2ccccc2)C(OC(=O)c2ccccc2)C(COC(=O)c2ccccc2)OC1N1C=CC(NN)NC1=O. The van der Waals surface area contributed by atoms with Crippen molar-refractivity contribution in [2.75, 3.05) is 6.61 Å². The second-order valence-electron chi connectivity index (χ2n) is 9.97. The molecule has 2 aliphatic heterocycles. The van der Waals surface area contributed by atoms with Crippen molar-refractivity contribution in [3.05, 3.63) is 120 Å². The topological polar surface area (TPSA) is 159 Å². The molecule has 2 heterocycles. The molecular weight excluding hydrogens is 556 g/mol. The largest absolute Gasteiger partial charge is 0.459 e. The van der Waals surface area contributed by atoms with Crippen molar-refractivity contribution in [2.24, 2.45) is 5.84 Å². The van der Waals surface area contributed by atoms with Crippen LogP contribution < -0.4 is 16.6 Å². The van der Waals surface area contributed by atoms with Gasteiger partial charge in [0.15, 0.2) is 17.9 Å². The summed E-state index contributed by atoms with van der Waals surface area (Å²) in [6, 6.07) is 24.1. The molecule has 12 heteroatoms. The Morgan fingerprint density at radius 2 is 1.42 bits per heavy atom. The van der Waals surface area contributed by atoms with Crippen molar-refractivity contribution in [1.29, 1.82) is 0 Å². The third-order valence-electron chi connectivity index (χ3n) is 7.04. The molecule has 3 aromatic carbocycles. The predicted octanol–water partition coefficient (Wildman–Crippen LogP) is 2.74. The first-order valence-corrected chi connectivity index (χ1v) is 13.5. The van der Waals surface area contributed by atoms with E-state index in [1.165, 1.54) is 13.1 Å². The molecule has 0 spiro atoms. The number of urea groups is 1. The predicted molar refractivity (Wildman–Crippen MR) is 152 cm³/mol. The third kappa shape index (κ3) is 6.41. The van der Waals surface area contributed by atoms with Crippen molar-refractivity contribution in [1.82, 2.24) is 15.6 Å². The van der Waals surface area contributed by atoms with Crippen LogP contribution >= 0.6 is 0 Å². The van der Waals surface area contributed by atoms with Gasteiger partial charge in [-0.25, -0.2) is 24.6 Å². The van der Waals surface area contributed by atoms with Crippen LogP contribution in [0.15, 0.2) is 103 Å². The summed E-state index contributed by atoms with van der Waals surface area (Å²) in [4.78, 5) is 53.9. The van der Waals surface area contributed by atoms with Crippen LogP contribution in [0.4, 0.5) is 4.79 Å². The van der Waals surface area contributed by atoms with E-state index in [1.807, 2.05) is 0 Å². The number of hydrazine groups is 1. The van der Waals surface area contributed by atoms with Crippen LogP contribution in [0.3, 0.4) is 0 Å². The number of carbonyl (C=O) groups is 4. The van der Waals surface area contributed by atoms with Gasteiger partial charge in [-0.15, -0.1) is 0 Å². The molecule has 1 saturated heterocycles. The number of hydrogen-bond donors (Lipinski definition) is 3. The Morgan fingerprint density at radius 3 is 1.95 bits per heavy atom. The van der Waals surface area contributed by atoms with Gasteiger partial charge in [0.05, 0.1) is 16.7 Å². The fourth-order valence-corrected chi connectivity index (χ4v) is 4.84. The summed E-state index contributed by atoms with van der Waals surface area (Å²) in [7, 11) is 0.